The summed E-state index contributed by atoms with van der Waals surface area (Å²) in [5.74, 6) is -0.906. The molecule has 2 amide bonds. The third-order valence-corrected chi connectivity index (χ3v) is 4.61. The van der Waals surface area contributed by atoms with Crippen LogP contribution in [-0.4, -0.2) is 42.1 Å². The van der Waals surface area contributed by atoms with Gasteiger partial charge in [0.1, 0.15) is 0 Å². The fourth-order valence-electron chi connectivity index (χ4n) is 2.72. The van der Waals surface area contributed by atoms with Crippen molar-refractivity contribution in [3.05, 3.63) is 34.9 Å². The maximum Gasteiger partial charge on any atom is 0.317 e. The predicted octanol–water partition coefficient (Wildman–Crippen LogP) is 2.88. The molecule has 1 saturated carbocycles. The first-order valence-corrected chi connectivity index (χ1v) is 7.77. The Morgan fingerprint density at radius 3 is 2.45 bits per heavy atom. The highest BCUT2D eigenvalue weighted by Gasteiger charge is 2.38. The van der Waals surface area contributed by atoms with E-state index in [0.717, 1.165) is 19.3 Å². The summed E-state index contributed by atoms with van der Waals surface area (Å²) in [5.41, 5.74) is 1.17. The van der Waals surface area contributed by atoms with E-state index in [1.54, 1.807) is 7.05 Å². The van der Waals surface area contributed by atoms with E-state index in [1.807, 2.05) is 24.3 Å². The van der Waals surface area contributed by atoms with Gasteiger partial charge in [-0.1, -0.05) is 30.2 Å². The van der Waals surface area contributed by atoms with E-state index >= 15 is 0 Å². The molecule has 2 N–H and O–H groups in total. The quantitative estimate of drug-likeness (QED) is 0.845. The lowest BCUT2D eigenvalue weighted by atomic mass is 9.64. The molecule has 1 aliphatic rings. The largest absolute Gasteiger partial charge is 0.481 e. The fourth-order valence-corrected chi connectivity index (χ4v) is 2.85. The van der Waals surface area contributed by atoms with E-state index in [1.165, 1.54) is 10.5 Å². The molecule has 22 heavy (non-hydrogen) atoms. The first kappa shape index (κ1) is 16.6. The van der Waals surface area contributed by atoms with Crippen LogP contribution in [0, 0.1) is 0 Å². The van der Waals surface area contributed by atoms with Gasteiger partial charge in [-0.3, -0.25) is 4.79 Å². The average molecular weight is 325 g/mol. The van der Waals surface area contributed by atoms with Crippen molar-refractivity contribution in [1.29, 1.82) is 0 Å². The Labute approximate surface area is 135 Å². The number of carboxylic acid groups (broad SMARTS) is 1. The van der Waals surface area contributed by atoms with Crippen LogP contribution in [0.3, 0.4) is 0 Å². The Hall–Kier alpha value is -1.75. The SMILES string of the molecule is CN(CCC(=O)O)C(=O)NCC1(c2ccc(Cl)cc2)CCC1. The number of carbonyl (C=O) groups is 2. The fraction of sp³-hybridized carbons (Fsp3) is 0.500. The summed E-state index contributed by atoms with van der Waals surface area (Å²) in [5, 5.41) is 12.3. The number of hydrogen-bond acceptors (Lipinski definition) is 2. The zero-order valence-electron chi connectivity index (χ0n) is 12.6. The molecule has 120 valence electrons. The number of halogens is 1. The Kier molecular flexibility index (Phi) is 5.29. The van der Waals surface area contributed by atoms with E-state index in [9.17, 15) is 9.59 Å². The van der Waals surface area contributed by atoms with Crippen molar-refractivity contribution in [3.8, 4) is 0 Å². The second-order valence-electron chi connectivity index (χ2n) is 5.86. The molecule has 1 aromatic carbocycles. The van der Waals surface area contributed by atoms with Gasteiger partial charge >= 0.3 is 12.0 Å². The Morgan fingerprint density at radius 2 is 1.95 bits per heavy atom. The molecule has 0 bridgehead atoms. The van der Waals surface area contributed by atoms with Crippen LogP contribution in [0.2, 0.25) is 5.02 Å². The highest BCUT2D eigenvalue weighted by molar-refractivity contribution is 6.30. The summed E-state index contributed by atoms with van der Waals surface area (Å²) in [4.78, 5) is 24.0. The van der Waals surface area contributed by atoms with Crippen LogP contribution in [-0.2, 0) is 10.2 Å². The van der Waals surface area contributed by atoms with Crippen molar-refractivity contribution in [3.63, 3.8) is 0 Å². The van der Waals surface area contributed by atoms with Crippen LogP contribution in [0.15, 0.2) is 24.3 Å². The number of carboxylic acids is 1. The van der Waals surface area contributed by atoms with Crippen LogP contribution in [0.25, 0.3) is 0 Å². The monoisotopic (exact) mass is 324 g/mol. The molecule has 1 aromatic rings. The third kappa shape index (κ3) is 3.91. The van der Waals surface area contributed by atoms with Crippen molar-refractivity contribution in [2.75, 3.05) is 20.1 Å². The lowest BCUT2D eigenvalue weighted by molar-refractivity contribution is -0.137. The smallest absolute Gasteiger partial charge is 0.317 e. The van der Waals surface area contributed by atoms with Crippen molar-refractivity contribution < 1.29 is 14.7 Å². The molecule has 5 nitrogen and oxygen atoms in total. The molecule has 0 spiro atoms. The normalized spacial score (nSPS) is 15.7. The predicted molar refractivity (Wildman–Crippen MR) is 85.3 cm³/mol. The zero-order valence-corrected chi connectivity index (χ0v) is 13.4. The van der Waals surface area contributed by atoms with Gasteiger partial charge in [-0.05, 0) is 30.5 Å². The molecule has 0 aliphatic heterocycles. The molecule has 0 radical (unpaired) electrons. The summed E-state index contributed by atoms with van der Waals surface area (Å²) in [7, 11) is 1.61. The van der Waals surface area contributed by atoms with Gasteiger partial charge in [0, 0.05) is 30.6 Å². The van der Waals surface area contributed by atoms with Crippen LogP contribution in [0.1, 0.15) is 31.2 Å². The average Bonchev–Trinajstić information content (AvgIpc) is 2.45. The summed E-state index contributed by atoms with van der Waals surface area (Å²) in [6, 6.07) is 7.54. The van der Waals surface area contributed by atoms with E-state index in [4.69, 9.17) is 16.7 Å². The minimum atomic E-state index is -0.906. The van der Waals surface area contributed by atoms with Crippen LogP contribution < -0.4 is 5.32 Å². The Morgan fingerprint density at radius 1 is 1.32 bits per heavy atom. The zero-order chi connectivity index (χ0) is 16.2. The third-order valence-electron chi connectivity index (χ3n) is 4.35. The molecular weight excluding hydrogens is 304 g/mol. The number of hydrogen-bond donors (Lipinski definition) is 2. The summed E-state index contributed by atoms with van der Waals surface area (Å²) in [6.07, 6.45) is 3.17. The number of amides is 2. The lowest BCUT2D eigenvalue weighted by Crippen LogP contribution is -2.48. The number of rotatable bonds is 6. The van der Waals surface area contributed by atoms with Gasteiger partial charge in [-0.15, -0.1) is 0 Å². The Bertz CT molecular complexity index is 541. The first-order chi connectivity index (χ1) is 10.4. The maximum atomic E-state index is 12.0. The van der Waals surface area contributed by atoms with Crippen molar-refractivity contribution in [2.45, 2.75) is 31.1 Å². The van der Waals surface area contributed by atoms with E-state index < -0.39 is 5.97 Å². The van der Waals surface area contributed by atoms with Gasteiger partial charge in [-0.2, -0.15) is 0 Å². The molecule has 0 atom stereocenters. The van der Waals surface area contributed by atoms with E-state index in [-0.39, 0.29) is 24.4 Å². The maximum absolute atomic E-state index is 12.0. The summed E-state index contributed by atoms with van der Waals surface area (Å²) < 4.78 is 0. The molecule has 0 unspecified atom stereocenters. The van der Waals surface area contributed by atoms with Crippen LogP contribution in [0.5, 0.6) is 0 Å². The highest BCUT2D eigenvalue weighted by Crippen LogP contribution is 2.43. The van der Waals surface area contributed by atoms with Crippen LogP contribution >= 0.6 is 11.6 Å². The minimum Gasteiger partial charge on any atom is -0.481 e. The van der Waals surface area contributed by atoms with Gasteiger partial charge in [0.05, 0.1) is 6.42 Å². The highest BCUT2D eigenvalue weighted by atomic mass is 35.5. The summed E-state index contributed by atoms with van der Waals surface area (Å²) in [6.45, 7) is 0.764. The van der Waals surface area contributed by atoms with Gasteiger partial charge in [0.2, 0.25) is 0 Å². The molecule has 0 heterocycles. The van der Waals surface area contributed by atoms with Gasteiger partial charge in [0.15, 0.2) is 0 Å². The molecule has 0 saturated heterocycles. The second kappa shape index (κ2) is 7.01. The van der Waals surface area contributed by atoms with E-state index in [2.05, 4.69) is 5.32 Å². The van der Waals surface area contributed by atoms with Crippen LogP contribution in [0.4, 0.5) is 4.79 Å². The van der Waals surface area contributed by atoms with Gasteiger partial charge in [-0.25, -0.2) is 4.79 Å². The number of carbonyl (C=O) groups excluding carboxylic acids is 1. The number of nitrogens with one attached hydrogen (secondary N) is 1. The number of urea groups is 1. The Balaban J connectivity index is 1.92. The number of nitrogens with zero attached hydrogens (tertiary/aromatic N) is 1. The van der Waals surface area contributed by atoms with Crippen molar-refractivity contribution in [1.82, 2.24) is 10.2 Å². The molecule has 2 rings (SSSR count). The second-order valence-corrected chi connectivity index (χ2v) is 6.30. The lowest BCUT2D eigenvalue weighted by Gasteiger charge is -2.43. The standard InChI is InChI=1S/C16H21ClN2O3/c1-19(10-7-14(20)21)15(22)18-11-16(8-2-9-16)12-3-5-13(17)6-4-12/h3-6H,2,7-11H2,1H3,(H,18,22)(H,20,21). The number of benzene rings is 1. The number of aliphatic carboxylic acids is 1. The van der Waals surface area contributed by atoms with Crippen molar-refractivity contribution in [2.24, 2.45) is 0 Å². The van der Waals surface area contributed by atoms with Gasteiger partial charge < -0.3 is 15.3 Å². The molecule has 0 aromatic heterocycles. The summed E-state index contributed by atoms with van der Waals surface area (Å²) >= 11 is 5.93. The minimum absolute atomic E-state index is 0.0200. The first-order valence-electron chi connectivity index (χ1n) is 7.40. The molecule has 1 fully saturated rings. The molecular formula is C16H21ClN2O3. The molecule has 1 aliphatic carbocycles. The van der Waals surface area contributed by atoms with Gasteiger partial charge in [0.25, 0.3) is 0 Å². The van der Waals surface area contributed by atoms with Crippen molar-refractivity contribution >= 4 is 23.6 Å². The molecule has 6 heteroatoms. The van der Waals surface area contributed by atoms with E-state index in [0.29, 0.717) is 11.6 Å². The topological polar surface area (TPSA) is 69.6 Å².